The molecule has 3 aromatic rings. The maximum absolute atomic E-state index is 12.2. The van der Waals surface area contributed by atoms with Crippen LogP contribution in [0.2, 0.25) is 0 Å². The lowest BCUT2D eigenvalue weighted by Crippen LogP contribution is -2.39. The molecule has 0 saturated carbocycles. The first-order valence-electron chi connectivity index (χ1n) is 9.93. The number of amides is 1. The Bertz CT molecular complexity index is 1090. The summed E-state index contributed by atoms with van der Waals surface area (Å²) in [6.07, 6.45) is 3.98. The highest BCUT2D eigenvalue weighted by Gasteiger charge is 2.38. The second-order valence-electron chi connectivity index (χ2n) is 8.13. The van der Waals surface area contributed by atoms with E-state index < -0.39 is 5.41 Å². The first-order valence-corrected chi connectivity index (χ1v) is 9.93. The van der Waals surface area contributed by atoms with E-state index in [9.17, 15) is 4.79 Å². The number of fused-ring (bicyclic) bond motifs is 2. The minimum atomic E-state index is -0.518. The third-order valence-corrected chi connectivity index (χ3v) is 5.65. The van der Waals surface area contributed by atoms with Crippen LogP contribution in [-0.2, 0) is 10.2 Å². The Morgan fingerprint density at radius 1 is 1.23 bits per heavy atom. The van der Waals surface area contributed by atoms with Gasteiger partial charge in [-0.2, -0.15) is 9.50 Å². The molecule has 11 heteroatoms. The number of anilines is 4. The molecule has 0 aliphatic carbocycles. The number of piperidine rings is 1. The average Bonchev–Trinajstić information content (AvgIpc) is 3.21. The number of hydrogen-bond acceptors (Lipinski definition) is 7. The van der Waals surface area contributed by atoms with Crippen molar-refractivity contribution in [2.45, 2.75) is 38.1 Å². The van der Waals surface area contributed by atoms with Gasteiger partial charge in [0.05, 0.1) is 5.41 Å². The summed E-state index contributed by atoms with van der Waals surface area (Å²) in [7, 11) is 0. The second kappa shape index (κ2) is 8.86. The number of benzene rings is 1. The van der Waals surface area contributed by atoms with Crippen molar-refractivity contribution >= 4 is 59.6 Å². The summed E-state index contributed by atoms with van der Waals surface area (Å²) in [4.78, 5) is 21.2. The SMILES string of the molecule is CC1(C)C(=O)Nc2cc(Nc3nc4ccnc(NC5CCCNC5)n4n3)ccc21.Cl.Cl. The third-order valence-electron chi connectivity index (χ3n) is 5.65. The Balaban J connectivity index is 0.00000136. The van der Waals surface area contributed by atoms with Crippen molar-refractivity contribution in [1.29, 1.82) is 0 Å². The van der Waals surface area contributed by atoms with Crippen molar-refractivity contribution in [1.82, 2.24) is 24.9 Å². The molecule has 0 bridgehead atoms. The molecule has 2 aromatic heterocycles. The van der Waals surface area contributed by atoms with E-state index in [4.69, 9.17) is 0 Å². The van der Waals surface area contributed by atoms with E-state index in [-0.39, 0.29) is 30.7 Å². The molecule has 1 atom stereocenters. The quantitative estimate of drug-likeness (QED) is 0.469. The third kappa shape index (κ3) is 4.26. The molecule has 1 aromatic carbocycles. The number of nitrogens with one attached hydrogen (secondary N) is 4. The highest BCUT2D eigenvalue weighted by atomic mass is 35.5. The zero-order chi connectivity index (χ0) is 20.0. The Kier molecular flexibility index (Phi) is 6.59. The highest BCUT2D eigenvalue weighted by Crippen LogP contribution is 2.38. The van der Waals surface area contributed by atoms with Gasteiger partial charge in [-0.15, -0.1) is 29.9 Å². The van der Waals surface area contributed by atoms with Crippen LogP contribution in [0.1, 0.15) is 32.3 Å². The predicted molar refractivity (Wildman–Crippen MR) is 126 cm³/mol. The molecular formula is C20H26Cl2N8O. The topological polar surface area (TPSA) is 108 Å². The fourth-order valence-corrected chi connectivity index (χ4v) is 3.93. The van der Waals surface area contributed by atoms with Crippen molar-refractivity contribution in [3.8, 4) is 0 Å². The summed E-state index contributed by atoms with van der Waals surface area (Å²) in [5, 5.41) is 17.6. The van der Waals surface area contributed by atoms with E-state index in [0.717, 1.165) is 42.9 Å². The Labute approximate surface area is 192 Å². The Hall–Kier alpha value is -2.62. The van der Waals surface area contributed by atoms with Gasteiger partial charge >= 0.3 is 0 Å². The van der Waals surface area contributed by atoms with Gasteiger partial charge in [-0.3, -0.25) is 4.79 Å². The predicted octanol–water partition coefficient (Wildman–Crippen LogP) is 3.11. The molecule has 4 N–H and O–H groups in total. The van der Waals surface area contributed by atoms with Crippen LogP contribution in [0.15, 0.2) is 30.5 Å². The fraction of sp³-hybridized carbons (Fsp3) is 0.400. The standard InChI is InChI=1S/C20H24N8O.2ClH/c1-20(2)14-6-5-12(10-15(14)25-17(20)29)23-18-26-16-7-9-22-19(28(16)27-18)24-13-4-3-8-21-11-13;;/h5-7,9-10,13,21H,3-4,8,11H2,1-2H3,(H,22,24)(H,23,27)(H,25,29);2*1H. The summed E-state index contributed by atoms with van der Waals surface area (Å²) >= 11 is 0. The van der Waals surface area contributed by atoms with Crippen LogP contribution in [-0.4, -0.2) is 44.6 Å². The summed E-state index contributed by atoms with van der Waals surface area (Å²) in [6.45, 7) is 5.82. The van der Waals surface area contributed by atoms with E-state index in [0.29, 0.717) is 23.6 Å². The zero-order valence-electron chi connectivity index (χ0n) is 17.3. The van der Waals surface area contributed by atoms with Crippen molar-refractivity contribution in [2.24, 2.45) is 0 Å². The first-order chi connectivity index (χ1) is 14.0. The maximum atomic E-state index is 12.2. The van der Waals surface area contributed by atoms with Gasteiger partial charge < -0.3 is 21.3 Å². The lowest BCUT2D eigenvalue weighted by atomic mass is 9.86. The van der Waals surface area contributed by atoms with Gasteiger partial charge in [-0.05, 0) is 50.9 Å². The van der Waals surface area contributed by atoms with Crippen molar-refractivity contribution < 1.29 is 4.79 Å². The normalized spacial score (nSPS) is 19.0. The number of hydrogen-bond donors (Lipinski definition) is 4. The zero-order valence-corrected chi connectivity index (χ0v) is 18.9. The van der Waals surface area contributed by atoms with Gasteiger partial charge in [0, 0.05) is 36.2 Å². The number of halogens is 2. The number of aromatic nitrogens is 4. The van der Waals surface area contributed by atoms with Crippen LogP contribution in [0.25, 0.3) is 5.65 Å². The summed E-state index contributed by atoms with van der Waals surface area (Å²) in [5.74, 6) is 1.17. The molecule has 1 saturated heterocycles. The average molecular weight is 465 g/mol. The molecule has 31 heavy (non-hydrogen) atoms. The largest absolute Gasteiger partial charge is 0.350 e. The molecular weight excluding hydrogens is 439 g/mol. The molecule has 4 heterocycles. The molecule has 1 unspecified atom stereocenters. The number of carbonyl (C=O) groups is 1. The van der Waals surface area contributed by atoms with Gasteiger partial charge in [-0.1, -0.05) is 6.07 Å². The van der Waals surface area contributed by atoms with Crippen molar-refractivity contribution in [3.05, 3.63) is 36.0 Å². The van der Waals surface area contributed by atoms with Gasteiger partial charge in [0.15, 0.2) is 5.65 Å². The van der Waals surface area contributed by atoms with E-state index in [1.165, 1.54) is 0 Å². The summed E-state index contributed by atoms with van der Waals surface area (Å²) < 4.78 is 1.72. The molecule has 2 aliphatic rings. The number of nitrogens with zero attached hydrogens (tertiary/aromatic N) is 4. The van der Waals surface area contributed by atoms with Gasteiger partial charge in [0.25, 0.3) is 0 Å². The molecule has 9 nitrogen and oxygen atoms in total. The molecule has 2 aliphatic heterocycles. The van der Waals surface area contributed by atoms with Gasteiger partial charge in [0.2, 0.25) is 17.8 Å². The van der Waals surface area contributed by atoms with Crippen LogP contribution < -0.4 is 21.3 Å². The van der Waals surface area contributed by atoms with E-state index in [1.807, 2.05) is 38.1 Å². The maximum Gasteiger partial charge on any atom is 0.247 e. The summed E-state index contributed by atoms with van der Waals surface area (Å²) in [6, 6.07) is 7.98. The molecule has 0 spiro atoms. The van der Waals surface area contributed by atoms with Gasteiger partial charge in [0.1, 0.15) is 0 Å². The van der Waals surface area contributed by atoms with Crippen LogP contribution in [0.5, 0.6) is 0 Å². The monoisotopic (exact) mass is 464 g/mol. The Morgan fingerprint density at radius 3 is 2.84 bits per heavy atom. The highest BCUT2D eigenvalue weighted by molar-refractivity contribution is 6.06. The molecule has 5 rings (SSSR count). The van der Waals surface area contributed by atoms with Crippen LogP contribution in [0.3, 0.4) is 0 Å². The fourth-order valence-electron chi connectivity index (χ4n) is 3.93. The Morgan fingerprint density at radius 2 is 2.06 bits per heavy atom. The van der Waals surface area contributed by atoms with Crippen LogP contribution >= 0.6 is 24.8 Å². The first kappa shape index (κ1) is 23.1. The molecule has 166 valence electrons. The smallest absolute Gasteiger partial charge is 0.247 e. The van der Waals surface area contributed by atoms with Gasteiger partial charge in [-0.25, -0.2) is 4.98 Å². The number of rotatable bonds is 4. The van der Waals surface area contributed by atoms with Crippen LogP contribution in [0, 0.1) is 0 Å². The van der Waals surface area contributed by atoms with Crippen molar-refractivity contribution in [3.63, 3.8) is 0 Å². The molecule has 1 fully saturated rings. The van der Waals surface area contributed by atoms with E-state index >= 15 is 0 Å². The van der Waals surface area contributed by atoms with E-state index in [2.05, 4.69) is 36.3 Å². The van der Waals surface area contributed by atoms with E-state index in [1.54, 1.807) is 10.7 Å². The minimum absolute atomic E-state index is 0. The molecule has 0 radical (unpaired) electrons. The minimum Gasteiger partial charge on any atom is -0.350 e. The second-order valence-corrected chi connectivity index (χ2v) is 8.13. The van der Waals surface area contributed by atoms with Crippen LogP contribution in [0.4, 0.5) is 23.3 Å². The summed E-state index contributed by atoms with van der Waals surface area (Å²) in [5.41, 5.74) is 2.83. The molecule has 1 amide bonds. The van der Waals surface area contributed by atoms with Crippen molar-refractivity contribution in [2.75, 3.05) is 29.0 Å². The number of carbonyl (C=O) groups excluding carboxylic acids is 1. The lowest BCUT2D eigenvalue weighted by Gasteiger charge is -2.24. The lowest BCUT2D eigenvalue weighted by molar-refractivity contribution is -0.119.